The van der Waals surface area contributed by atoms with E-state index in [-0.39, 0.29) is 5.91 Å². The molecule has 146 valence electrons. The number of carbonyl (C=O) groups excluding carboxylic acids is 1. The number of aromatic nitrogens is 5. The molecule has 1 fully saturated rings. The standard InChI is InChI=1S/C23H18N6O/c30-23-19-12-16(15-8-10-24-11-9-15)4-5-17(19)13-28(23)21-3-1-2-20(26-21)22-27-25-14-29(22)18-6-7-18/h1-5,8-12,14,18H,6-7,13H2. The molecule has 0 atom stereocenters. The highest BCUT2D eigenvalue weighted by Gasteiger charge is 2.31. The average Bonchev–Trinajstić information content (AvgIpc) is 3.43. The molecule has 4 aromatic rings. The van der Waals surface area contributed by atoms with E-state index >= 15 is 0 Å². The van der Waals surface area contributed by atoms with Gasteiger partial charge < -0.3 is 4.57 Å². The summed E-state index contributed by atoms with van der Waals surface area (Å²) in [6.45, 7) is 0.510. The predicted octanol–water partition coefficient (Wildman–Crippen LogP) is 3.90. The third-order valence-corrected chi connectivity index (χ3v) is 5.68. The van der Waals surface area contributed by atoms with Crippen LogP contribution in [-0.2, 0) is 6.54 Å². The molecule has 1 aliphatic carbocycles. The van der Waals surface area contributed by atoms with Gasteiger partial charge in [0.25, 0.3) is 5.91 Å². The quantitative estimate of drug-likeness (QED) is 0.525. The molecular formula is C23H18N6O. The first-order chi connectivity index (χ1) is 14.8. The Hall–Kier alpha value is -3.87. The monoisotopic (exact) mass is 394 g/mol. The molecule has 7 heteroatoms. The van der Waals surface area contributed by atoms with Crippen molar-refractivity contribution >= 4 is 11.7 Å². The summed E-state index contributed by atoms with van der Waals surface area (Å²) in [4.78, 5) is 23.7. The number of carbonyl (C=O) groups is 1. The third-order valence-electron chi connectivity index (χ3n) is 5.68. The molecule has 1 amide bonds. The summed E-state index contributed by atoms with van der Waals surface area (Å²) in [5.74, 6) is 1.35. The van der Waals surface area contributed by atoms with Gasteiger partial charge in [-0.05, 0) is 59.9 Å². The number of amides is 1. The van der Waals surface area contributed by atoms with Crippen molar-refractivity contribution in [2.24, 2.45) is 0 Å². The largest absolute Gasteiger partial charge is 0.309 e. The molecule has 3 aromatic heterocycles. The topological polar surface area (TPSA) is 76.8 Å². The van der Waals surface area contributed by atoms with Crippen molar-refractivity contribution in [3.63, 3.8) is 0 Å². The molecule has 1 saturated carbocycles. The number of rotatable bonds is 4. The van der Waals surface area contributed by atoms with Crippen LogP contribution in [0.15, 0.2) is 67.3 Å². The van der Waals surface area contributed by atoms with Crippen LogP contribution < -0.4 is 4.90 Å². The number of fused-ring (bicyclic) bond motifs is 1. The lowest BCUT2D eigenvalue weighted by molar-refractivity contribution is 0.0996. The van der Waals surface area contributed by atoms with E-state index in [2.05, 4.69) is 19.7 Å². The molecule has 0 bridgehead atoms. The maximum atomic E-state index is 13.2. The van der Waals surface area contributed by atoms with Gasteiger partial charge >= 0.3 is 0 Å². The van der Waals surface area contributed by atoms with E-state index in [0.29, 0.717) is 18.4 Å². The van der Waals surface area contributed by atoms with E-state index in [4.69, 9.17) is 4.98 Å². The van der Waals surface area contributed by atoms with Crippen molar-refractivity contribution in [3.8, 4) is 22.6 Å². The maximum Gasteiger partial charge on any atom is 0.260 e. The lowest BCUT2D eigenvalue weighted by Crippen LogP contribution is -2.24. The molecular weight excluding hydrogens is 376 g/mol. The highest BCUT2D eigenvalue weighted by molar-refractivity contribution is 6.10. The van der Waals surface area contributed by atoms with Gasteiger partial charge in [0.15, 0.2) is 5.82 Å². The molecule has 0 saturated heterocycles. The van der Waals surface area contributed by atoms with Gasteiger partial charge in [-0.25, -0.2) is 4.98 Å². The summed E-state index contributed by atoms with van der Waals surface area (Å²) < 4.78 is 2.08. The zero-order valence-corrected chi connectivity index (χ0v) is 16.1. The molecule has 0 spiro atoms. The van der Waals surface area contributed by atoms with Gasteiger partial charge in [-0.15, -0.1) is 10.2 Å². The fraction of sp³-hybridized carbons (Fsp3) is 0.174. The summed E-state index contributed by atoms with van der Waals surface area (Å²) in [7, 11) is 0. The smallest absolute Gasteiger partial charge is 0.260 e. The van der Waals surface area contributed by atoms with E-state index < -0.39 is 0 Å². The van der Waals surface area contributed by atoms with Crippen LogP contribution >= 0.6 is 0 Å². The van der Waals surface area contributed by atoms with E-state index in [9.17, 15) is 4.79 Å². The number of anilines is 1. The molecule has 30 heavy (non-hydrogen) atoms. The highest BCUT2D eigenvalue weighted by Crippen LogP contribution is 2.37. The Kier molecular flexibility index (Phi) is 3.74. The van der Waals surface area contributed by atoms with Crippen LogP contribution in [0.1, 0.15) is 34.8 Å². The van der Waals surface area contributed by atoms with E-state index in [0.717, 1.165) is 46.6 Å². The molecule has 0 unspecified atom stereocenters. The normalized spacial score (nSPS) is 15.5. The summed E-state index contributed by atoms with van der Waals surface area (Å²) in [5.41, 5.74) is 4.51. The molecule has 4 heterocycles. The molecule has 1 aliphatic heterocycles. The van der Waals surface area contributed by atoms with Crippen LogP contribution in [-0.4, -0.2) is 30.6 Å². The van der Waals surface area contributed by atoms with Gasteiger partial charge in [0.2, 0.25) is 0 Å². The van der Waals surface area contributed by atoms with Crippen molar-refractivity contribution in [1.29, 1.82) is 0 Å². The first-order valence-electron chi connectivity index (χ1n) is 10.00. The number of pyridine rings is 2. The van der Waals surface area contributed by atoms with E-state index in [1.807, 2.05) is 48.5 Å². The van der Waals surface area contributed by atoms with Crippen LogP contribution in [0.5, 0.6) is 0 Å². The van der Waals surface area contributed by atoms with Crippen molar-refractivity contribution in [3.05, 3.63) is 78.4 Å². The van der Waals surface area contributed by atoms with Gasteiger partial charge in [-0.3, -0.25) is 14.7 Å². The Bertz CT molecular complexity index is 1260. The first kappa shape index (κ1) is 17.0. The van der Waals surface area contributed by atoms with Crippen molar-refractivity contribution in [2.45, 2.75) is 25.4 Å². The van der Waals surface area contributed by atoms with Crippen LogP contribution in [0.25, 0.3) is 22.6 Å². The average molecular weight is 394 g/mol. The highest BCUT2D eigenvalue weighted by atomic mass is 16.2. The Morgan fingerprint density at radius 3 is 2.67 bits per heavy atom. The van der Waals surface area contributed by atoms with E-state index in [1.165, 1.54) is 0 Å². The fourth-order valence-electron chi connectivity index (χ4n) is 3.95. The molecule has 6 rings (SSSR count). The first-order valence-corrected chi connectivity index (χ1v) is 10.00. The summed E-state index contributed by atoms with van der Waals surface area (Å²) >= 11 is 0. The van der Waals surface area contributed by atoms with E-state index in [1.54, 1.807) is 23.6 Å². The minimum absolute atomic E-state index is 0.0331. The second kappa shape index (κ2) is 6.59. The summed E-state index contributed by atoms with van der Waals surface area (Å²) in [6, 6.07) is 16.1. The zero-order chi connectivity index (χ0) is 20.1. The molecule has 2 aliphatic rings. The SMILES string of the molecule is O=C1c2cc(-c3ccncc3)ccc2CN1c1cccc(-c2nncn2C2CC2)n1. The summed E-state index contributed by atoms with van der Waals surface area (Å²) in [5, 5.41) is 8.32. The second-order valence-electron chi connectivity index (χ2n) is 7.67. The molecule has 7 nitrogen and oxygen atoms in total. The Morgan fingerprint density at radius 1 is 0.967 bits per heavy atom. The Labute approximate surface area is 173 Å². The zero-order valence-electron chi connectivity index (χ0n) is 16.1. The summed E-state index contributed by atoms with van der Waals surface area (Å²) in [6.07, 6.45) is 7.56. The van der Waals surface area contributed by atoms with Crippen LogP contribution in [0.3, 0.4) is 0 Å². The predicted molar refractivity (Wildman–Crippen MR) is 112 cm³/mol. The minimum Gasteiger partial charge on any atom is -0.309 e. The fourth-order valence-corrected chi connectivity index (χ4v) is 3.95. The van der Waals surface area contributed by atoms with Gasteiger partial charge in [-0.2, -0.15) is 0 Å². The van der Waals surface area contributed by atoms with Crippen molar-refractivity contribution in [1.82, 2.24) is 24.7 Å². The number of nitrogens with zero attached hydrogens (tertiary/aromatic N) is 6. The third kappa shape index (κ3) is 2.78. The number of hydrogen-bond acceptors (Lipinski definition) is 5. The minimum atomic E-state index is -0.0331. The van der Waals surface area contributed by atoms with Crippen molar-refractivity contribution in [2.75, 3.05) is 4.90 Å². The van der Waals surface area contributed by atoms with Crippen LogP contribution in [0, 0.1) is 0 Å². The van der Waals surface area contributed by atoms with Crippen LogP contribution in [0.4, 0.5) is 5.82 Å². The lowest BCUT2D eigenvalue weighted by Gasteiger charge is -2.15. The second-order valence-corrected chi connectivity index (χ2v) is 7.67. The molecule has 1 aromatic carbocycles. The molecule has 0 radical (unpaired) electrons. The Morgan fingerprint density at radius 2 is 1.83 bits per heavy atom. The van der Waals surface area contributed by atoms with Gasteiger partial charge in [0.05, 0.1) is 6.54 Å². The lowest BCUT2D eigenvalue weighted by atomic mass is 10.0. The van der Waals surface area contributed by atoms with Gasteiger partial charge in [-0.1, -0.05) is 18.2 Å². The van der Waals surface area contributed by atoms with Gasteiger partial charge in [0, 0.05) is 24.0 Å². The van der Waals surface area contributed by atoms with Crippen LogP contribution in [0.2, 0.25) is 0 Å². The molecule has 0 N–H and O–H groups in total. The van der Waals surface area contributed by atoms with Crippen molar-refractivity contribution < 1.29 is 4.79 Å². The Balaban J connectivity index is 1.34. The number of benzene rings is 1. The maximum absolute atomic E-state index is 13.2. The number of hydrogen-bond donors (Lipinski definition) is 0. The van der Waals surface area contributed by atoms with Gasteiger partial charge in [0.1, 0.15) is 17.8 Å².